The highest BCUT2D eigenvalue weighted by Gasteiger charge is 2.28. The average Bonchev–Trinajstić information content (AvgIpc) is 3.18. The number of anilines is 1. The van der Waals surface area contributed by atoms with Crippen LogP contribution < -0.4 is 10.1 Å². The van der Waals surface area contributed by atoms with Gasteiger partial charge in [-0.3, -0.25) is 9.78 Å². The summed E-state index contributed by atoms with van der Waals surface area (Å²) in [4.78, 5) is 24.6. The van der Waals surface area contributed by atoms with Crippen LogP contribution in [0.25, 0.3) is 11.4 Å². The van der Waals surface area contributed by atoms with Crippen LogP contribution in [0.3, 0.4) is 0 Å². The van der Waals surface area contributed by atoms with E-state index in [0.717, 1.165) is 24.2 Å². The third kappa shape index (κ3) is 5.44. The minimum atomic E-state index is -0.748. The molecule has 1 saturated carbocycles. The Labute approximate surface area is 192 Å². The third-order valence-corrected chi connectivity index (χ3v) is 5.88. The molecule has 3 aromatic rings. The molecule has 3 heterocycles. The zero-order valence-electron chi connectivity index (χ0n) is 19.1. The van der Waals surface area contributed by atoms with Crippen LogP contribution >= 0.6 is 0 Å². The summed E-state index contributed by atoms with van der Waals surface area (Å²) in [5.74, 6) is 0.406. The molecular weight excluding hydrogens is 422 g/mol. The summed E-state index contributed by atoms with van der Waals surface area (Å²) in [6.07, 6.45) is 6.24. The predicted molar refractivity (Wildman–Crippen MR) is 122 cm³/mol. The minimum absolute atomic E-state index is 0.106. The summed E-state index contributed by atoms with van der Waals surface area (Å²) in [6.45, 7) is 4.62. The van der Waals surface area contributed by atoms with E-state index in [4.69, 9.17) is 4.74 Å². The zero-order chi connectivity index (χ0) is 23.4. The molecular formula is C23H29N7O3. The molecule has 3 aromatic heterocycles. The molecule has 10 nitrogen and oxygen atoms in total. The fraction of sp³-hybridized carbons (Fsp3) is 0.478. The molecule has 1 aliphatic rings. The van der Waals surface area contributed by atoms with E-state index in [1.807, 2.05) is 25.2 Å². The predicted octanol–water partition coefficient (Wildman–Crippen LogP) is 3.42. The second-order valence-corrected chi connectivity index (χ2v) is 8.64. The molecule has 0 aliphatic heterocycles. The maximum atomic E-state index is 11.3. The molecule has 0 saturated heterocycles. The van der Waals surface area contributed by atoms with E-state index >= 15 is 0 Å². The van der Waals surface area contributed by atoms with Gasteiger partial charge in [-0.05, 0) is 49.8 Å². The number of carboxylic acid groups (broad SMARTS) is 1. The first kappa shape index (κ1) is 22.6. The Hall–Kier alpha value is -3.56. The normalized spacial score (nSPS) is 18.3. The molecule has 1 aliphatic carbocycles. The van der Waals surface area contributed by atoms with Gasteiger partial charge in [-0.1, -0.05) is 19.1 Å². The molecule has 33 heavy (non-hydrogen) atoms. The maximum Gasteiger partial charge on any atom is 0.306 e. The summed E-state index contributed by atoms with van der Waals surface area (Å²) in [5, 5.41) is 21.0. The fourth-order valence-corrected chi connectivity index (χ4v) is 3.97. The largest absolute Gasteiger partial charge is 0.489 e. The lowest BCUT2D eigenvalue weighted by Crippen LogP contribution is -2.29. The van der Waals surface area contributed by atoms with Crippen LogP contribution in [0.5, 0.6) is 5.75 Å². The molecule has 4 rings (SSSR count). The first-order valence-corrected chi connectivity index (χ1v) is 11.2. The van der Waals surface area contributed by atoms with Crippen molar-refractivity contribution >= 4 is 11.9 Å². The number of nitrogens with one attached hydrogen (secondary N) is 1. The lowest BCUT2D eigenvalue weighted by atomic mass is 9.87. The van der Waals surface area contributed by atoms with E-state index in [0.29, 0.717) is 48.4 Å². The SMILES string of the molecule is CC(C)c1ccnc(NCc2c(-c3ccc(O[C@H]4CCC[C@H](C(=O)O)C4)cn3)nnn2C)n1. The van der Waals surface area contributed by atoms with Crippen molar-refractivity contribution in [3.63, 3.8) is 0 Å². The van der Waals surface area contributed by atoms with Crippen molar-refractivity contribution < 1.29 is 14.6 Å². The molecule has 2 N–H and O–H groups in total. The van der Waals surface area contributed by atoms with Crippen LogP contribution in [0.2, 0.25) is 0 Å². The Bertz CT molecular complexity index is 1100. The summed E-state index contributed by atoms with van der Waals surface area (Å²) in [5.41, 5.74) is 3.17. The topological polar surface area (TPSA) is 128 Å². The van der Waals surface area contributed by atoms with Crippen LogP contribution in [0.1, 0.15) is 56.8 Å². The van der Waals surface area contributed by atoms with Gasteiger partial charge in [-0.15, -0.1) is 5.10 Å². The van der Waals surface area contributed by atoms with Crippen molar-refractivity contribution in [3.05, 3.63) is 42.0 Å². The lowest BCUT2D eigenvalue weighted by Gasteiger charge is -2.27. The van der Waals surface area contributed by atoms with E-state index in [1.165, 1.54) is 0 Å². The molecule has 0 spiro atoms. The summed E-state index contributed by atoms with van der Waals surface area (Å²) >= 11 is 0. The number of nitrogens with zero attached hydrogens (tertiary/aromatic N) is 6. The minimum Gasteiger partial charge on any atom is -0.489 e. The Kier molecular flexibility index (Phi) is 6.81. The van der Waals surface area contributed by atoms with Crippen molar-refractivity contribution in [1.29, 1.82) is 0 Å². The Morgan fingerprint density at radius 3 is 2.85 bits per heavy atom. The molecule has 0 bridgehead atoms. The Balaban J connectivity index is 1.43. The van der Waals surface area contributed by atoms with E-state index in [2.05, 4.69) is 44.4 Å². The fourth-order valence-electron chi connectivity index (χ4n) is 3.97. The number of rotatable bonds is 8. The monoisotopic (exact) mass is 451 g/mol. The molecule has 0 amide bonds. The van der Waals surface area contributed by atoms with Gasteiger partial charge >= 0.3 is 5.97 Å². The Morgan fingerprint density at radius 1 is 1.27 bits per heavy atom. The number of carboxylic acids is 1. The third-order valence-electron chi connectivity index (χ3n) is 5.88. The van der Waals surface area contributed by atoms with Gasteiger partial charge in [0, 0.05) is 18.9 Å². The summed E-state index contributed by atoms with van der Waals surface area (Å²) in [7, 11) is 1.83. The van der Waals surface area contributed by atoms with Gasteiger partial charge in [-0.25, -0.2) is 14.6 Å². The van der Waals surface area contributed by atoms with Crippen LogP contribution in [-0.4, -0.2) is 47.1 Å². The summed E-state index contributed by atoms with van der Waals surface area (Å²) < 4.78 is 7.71. The molecule has 1 fully saturated rings. The number of hydrogen-bond acceptors (Lipinski definition) is 8. The van der Waals surface area contributed by atoms with E-state index < -0.39 is 5.97 Å². The van der Waals surface area contributed by atoms with Crippen molar-refractivity contribution in [2.75, 3.05) is 5.32 Å². The molecule has 0 radical (unpaired) electrons. The van der Waals surface area contributed by atoms with Gasteiger partial charge in [-0.2, -0.15) is 0 Å². The van der Waals surface area contributed by atoms with Crippen molar-refractivity contribution in [1.82, 2.24) is 29.9 Å². The molecule has 0 aromatic carbocycles. The first-order valence-electron chi connectivity index (χ1n) is 11.2. The van der Waals surface area contributed by atoms with Crippen molar-refractivity contribution in [2.24, 2.45) is 13.0 Å². The zero-order valence-corrected chi connectivity index (χ0v) is 19.1. The van der Waals surface area contributed by atoms with Crippen LogP contribution in [0, 0.1) is 5.92 Å². The van der Waals surface area contributed by atoms with Crippen LogP contribution in [-0.2, 0) is 18.4 Å². The quantitative estimate of drug-likeness (QED) is 0.529. The van der Waals surface area contributed by atoms with E-state index in [-0.39, 0.29) is 12.0 Å². The Morgan fingerprint density at radius 2 is 2.12 bits per heavy atom. The number of aromatic nitrogens is 6. The number of aryl methyl sites for hydroxylation is 1. The number of ether oxygens (including phenoxy) is 1. The van der Waals surface area contributed by atoms with Gasteiger partial charge in [0.2, 0.25) is 5.95 Å². The van der Waals surface area contributed by atoms with Crippen LogP contribution in [0.4, 0.5) is 5.95 Å². The second-order valence-electron chi connectivity index (χ2n) is 8.64. The standard InChI is InChI=1S/C23H29N7O3/c1-14(2)18-9-10-24-23(27-18)26-13-20-21(28-29-30(20)3)19-8-7-17(12-25-19)33-16-6-4-5-15(11-16)22(31)32/h7-10,12,14-16H,4-6,11,13H2,1-3H3,(H,31,32)(H,24,26,27)/t15-,16-/m0/s1. The van der Waals surface area contributed by atoms with Crippen molar-refractivity contribution in [3.8, 4) is 17.1 Å². The highest BCUT2D eigenvalue weighted by Crippen LogP contribution is 2.29. The number of carbonyl (C=O) groups is 1. The number of pyridine rings is 1. The highest BCUT2D eigenvalue weighted by molar-refractivity contribution is 5.70. The average molecular weight is 452 g/mol. The van der Waals surface area contributed by atoms with Gasteiger partial charge in [0.1, 0.15) is 11.4 Å². The number of hydrogen-bond donors (Lipinski definition) is 2. The smallest absolute Gasteiger partial charge is 0.306 e. The molecule has 0 unspecified atom stereocenters. The van der Waals surface area contributed by atoms with Crippen LogP contribution in [0.15, 0.2) is 30.6 Å². The second kappa shape index (κ2) is 9.93. The first-order chi connectivity index (χ1) is 15.9. The summed E-state index contributed by atoms with van der Waals surface area (Å²) in [6, 6.07) is 5.60. The molecule has 2 atom stereocenters. The number of aliphatic carboxylic acids is 1. The van der Waals surface area contributed by atoms with Gasteiger partial charge in [0.05, 0.1) is 36.2 Å². The van der Waals surface area contributed by atoms with Gasteiger partial charge in [0.25, 0.3) is 0 Å². The van der Waals surface area contributed by atoms with Crippen molar-refractivity contribution in [2.45, 2.75) is 58.1 Å². The van der Waals surface area contributed by atoms with E-state index in [9.17, 15) is 9.90 Å². The lowest BCUT2D eigenvalue weighted by molar-refractivity contribution is -0.143. The molecule has 10 heteroatoms. The maximum absolute atomic E-state index is 11.3. The van der Waals surface area contributed by atoms with Gasteiger partial charge in [0.15, 0.2) is 0 Å². The molecule has 174 valence electrons. The highest BCUT2D eigenvalue weighted by atomic mass is 16.5. The van der Waals surface area contributed by atoms with Gasteiger partial charge < -0.3 is 15.2 Å². The van der Waals surface area contributed by atoms with E-state index in [1.54, 1.807) is 17.1 Å².